The number of hydrogen-bond donors (Lipinski definition) is 2. The fraction of sp³-hybridized carbons (Fsp3) is 0.500. The summed E-state index contributed by atoms with van der Waals surface area (Å²) in [5.74, 6) is -3.27. The molecule has 3 N–H and O–H groups in total. The van der Waals surface area contributed by atoms with Gasteiger partial charge in [0.1, 0.15) is 5.52 Å². The number of nitrogens with one attached hydrogen (secondary N) is 1. The van der Waals surface area contributed by atoms with Gasteiger partial charge in [-0.3, -0.25) is 19.8 Å². The van der Waals surface area contributed by atoms with Crippen molar-refractivity contribution in [1.29, 1.82) is 0 Å². The number of alkyl halides is 2. The Hall–Kier alpha value is -2.68. The van der Waals surface area contributed by atoms with Gasteiger partial charge in [0.25, 0.3) is 5.92 Å². The molecule has 4 rings (SSSR count). The zero-order valence-electron chi connectivity index (χ0n) is 16.5. The lowest BCUT2D eigenvalue weighted by Gasteiger charge is -2.39. The Morgan fingerprint density at radius 2 is 2.00 bits per heavy atom. The second-order valence-corrected chi connectivity index (χ2v) is 8.52. The van der Waals surface area contributed by atoms with Crippen LogP contribution in [0.1, 0.15) is 32.3 Å². The van der Waals surface area contributed by atoms with Crippen LogP contribution in [0.3, 0.4) is 0 Å². The van der Waals surface area contributed by atoms with Crippen molar-refractivity contribution in [1.82, 2.24) is 15.3 Å². The highest BCUT2D eigenvalue weighted by Gasteiger charge is 2.41. The van der Waals surface area contributed by atoms with Crippen molar-refractivity contribution in [2.45, 2.75) is 44.2 Å². The van der Waals surface area contributed by atoms with Crippen molar-refractivity contribution in [2.24, 2.45) is 10.7 Å². The molecule has 1 atom stereocenters. The number of nitrogens with two attached hydrogens (primary N) is 1. The van der Waals surface area contributed by atoms with Crippen LogP contribution in [0.15, 0.2) is 29.5 Å². The molecular weight excluding hydrogens is 378 g/mol. The van der Waals surface area contributed by atoms with Crippen LogP contribution in [0.4, 0.5) is 14.5 Å². The number of aliphatic imine (C=N–C) groups is 1. The molecule has 2 aliphatic heterocycles. The van der Waals surface area contributed by atoms with Gasteiger partial charge in [0.2, 0.25) is 5.91 Å². The number of rotatable bonds is 5. The summed E-state index contributed by atoms with van der Waals surface area (Å²) in [4.78, 5) is 26.8. The van der Waals surface area contributed by atoms with Gasteiger partial charge < -0.3 is 16.0 Å². The summed E-state index contributed by atoms with van der Waals surface area (Å²) >= 11 is 0. The highest BCUT2D eigenvalue weighted by atomic mass is 19.3. The number of carbonyl (C=O) groups excluding carboxylic acids is 1. The summed E-state index contributed by atoms with van der Waals surface area (Å²) in [5, 5.41) is 2.72. The Kier molecular flexibility index (Phi) is 4.72. The minimum absolute atomic E-state index is 0.0697. The molecule has 0 radical (unpaired) electrons. The molecule has 1 amide bonds. The van der Waals surface area contributed by atoms with E-state index in [-0.39, 0.29) is 18.9 Å². The molecule has 9 heteroatoms. The van der Waals surface area contributed by atoms with Crippen LogP contribution in [0, 0.1) is 0 Å². The van der Waals surface area contributed by atoms with E-state index >= 15 is 0 Å². The molecule has 2 aliphatic rings. The van der Waals surface area contributed by atoms with E-state index in [0.29, 0.717) is 23.3 Å². The topological polar surface area (TPSA) is 96.5 Å². The molecule has 1 aromatic carbocycles. The number of benzene rings is 1. The number of carbonyl (C=O) groups is 1. The minimum atomic E-state index is -2.94. The van der Waals surface area contributed by atoms with Gasteiger partial charge >= 0.3 is 0 Å². The molecule has 0 spiro atoms. The van der Waals surface area contributed by atoms with E-state index in [4.69, 9.17) is 5.73 Å². The third-order valence-electron chi connectivity index (χ3n) is 4.96. The maximum Gasteiger partial charge on any atom is 0.267 e. The zero-order valence-corrected chi connectivity index (χ0v) is 16.5. The van der Waals surface area contributed by atoms with Gasteiger partial charge in [-0.25, -0.2) is 8.78 Å². The van der Waals surface area contributed by atoms with Crippen LogP contribution < -0.4 is 16.0 Å². The summed E-state index contributed by atoms with van der Waals surface area (Å²) in [6.07, 6.45) is 2.80. The number of aromatic nitrogens is 2. The largest absolute Gasteiger partial charge is 0.362 e. The minimum Gasteiger partial charge on any atom is -0.362 e. The molecule has 1 fully saturated rings. The van der Waals surface area contributed by atoms with Crippen LogP contribution in [-0.4, -0.2) is 58.7 Å². The van der Waals surface area contributed by atoms with Gasteiger partial charge in [0.15, 0.2) is 0 Å². The standard InChI is InChI=1S/C20H24F2N6O/c1-19(2,23)8-16(29)27-12-7-20(21,22)11-28(10-12)15-4-3-13(14-9-26-14)17-18(15)25-6-5-24-17/h3-6,12H,7-11,23H2,1-2H3,(H,27,29). The van der Waals surface area contributed by atoms with Gasteiger partial charge in [-0.1, -0.05) is 0 Å². The maximum atomic E-state index is 14.5. The van der Waals surface area contributed by atoms with Crippen molar-refractivity contribution in [3.8, 4) is 0 Å². The first-order valence-corrected chi connectivity index (χ1v) is 9.60. The Bertz CT molecular complexity index is 985. The van der Waals surface area contributed by atoms with Gasteiger partial charge in [0.05, 0.1) is 36.0 Å². The molecule has 2 aromatic rings. The summed E-state index contributed by atoms with van der Waals surface area (Å²) in [6.45, 7) is 3.94. The van der Waals surface area contributed by atoms with E-state index in [1.807, 2.05) is 6.07 Å². The molecule has 7 nitrogen and oxygen atoms in total. The van der Waals surface area contributed by atoms with Crippen LogP contribution in [0.5, 0.6) is 0 Å². The van der Waals surface area contributed by atoms with Crippen molar-refractivity contribution in [3.63, 3.8) is 0 Å². The number of amides is 1. The predicted molar refractivity (Wildman–Crippen MR) is 108 cm³/mol. The molecule has 1 saturated heterocycles. The Labute approximate surface area is 167 Å². The Morgan fingerprint density at radius 3 is 2.66 bits per heavy atom. The zero-order chi connectivity index (χ0) is 20.8. The van der Waals surface area contributed by atoms with E-state index in [1.54, 1.807) is 37.2 Å². The van der Waals surface area contributed by atoms with E-state index < -0.39 is 30.5 Å². The van der Waals surface area contributed by atoms with Crippen LogP contribution in [0.2, 0.25) is 0 Å². The number of fused-ring (bicyclic) bond motifs is 1. The van der Waals surface area contributed by atoms with E-state index in [2.05, 4.69) is 20.3 Å². The highest BCUT2D eigenvalue weighted by molar-refractivity contribution is 6.17. The lowest BCUT2D eigenvalue weighted by atomic mass is 9.98. The molecule has 3 heterocycles. The molecule has 1 unspecified atom stereocenters. The first-order valence-electron chi connectivity index (χ1n) is 9.60. The normalized spacial score (nSPS) is 21.1. The van der Waals surface area contributed by atoms with Gasteiger partial charge in [-0.05, 0) is 26.0 Å². The van der Waals surface area contributed by atoms with Gasteiger partial charge in [0, 0.05) is 42.9 Å². The lowest BCUT2D eigenvalue weighted by Crippen LogP contribution is -2.56. The molecule has 0 aliphatic carbocycles. The third kappa shape index (κ3) is 4.50. The molecule has 29 heavy (non-hydrogen) atoms. The first-order chi connectivity index (χ1) is 13.6. The van der Waals surface area contributed by atoms with E-state index in [1.165, 1.54) is 0 Å². The Balaban J connectivity index is 1.62. The molecular formula is C20H24F2N6O. The van der Waals surface area contributed by atoms with E-state index in [9.17, 15) is 13.6 Å². The van der Waals surface area contributed by atoms with E-state index in [0.717, 1.165) is 11.3 Å². The number of hydrogen-bond acceptors (Lipinski definition) is 6. The maximum absolute atomic E-state index is 14.5. The average molecular weight is 402 g/mol. The third-order valence-corrected chi connectivity index (χ3v) is 4.96. The predicted octanol–water partition coefficient (Wildman–Crippen LogP) is 1.89. The molecule has 0 saturated carbocycles. The summed E-state index contributed by atoms with van der Waals surface area (Å²) in [5.41, 5.74) is 8.80. The van der Waals surface area contributed by atoms with Crippen molar-refractivity contribution >= 4 is 28.3 Å². The monoisotopic (exact) mass is 402 g/mol. The van der Waals surface area contributed by atoms with Crippen LogP contribution >= 0.6 is 0 Å². The second-order valence-electron chi connectivity index (χ2n) is 8.52. The fourth-order valence-corrected chi connectivity index (χ4v) is 3.81. The fourth-order valence-electron chi connectivity index (χ4n) is 3.81. The SMILES string of the molecule is CC(C)(N)CC(=O)NC1CN(c2ccc(C3=NC3)c3nccnc23)CC(F)(F)C1. The smallest absolute Gasteiger partial charge is 0.267 e. The number of nitrogens with zero attached hydrogens (tertiary/aromatic N) is 4. The van der Waals surface area contributed by atoms with Crippen LogP contribution in [-0.2, 0) is 4.79 Å². The Morgan fingerprint density at radius 1 is 1.31 bits per heavy atom. The van der Waals surface area contributed by atoms with Gasteiger partial charge in [-0.2, -0.15) is 0 Å². The summed E-state index contributed by atoms with van der Waals surface area (Å²) in [6, 6.07) is 2.96. The van der Waals surface area contributed by atoms with Crippen molar-refractivity contribution < 1.29 is 13.6 Å². The summed E-state index contributed by atoms with van der Waals surface area (Å²) in [7, 11) is 0. The highest BCUT2D eigenvalue weighted by Crippen LogP contribution is 2.34. The van der Waals surface area contributed by atoms with Gasteiger partial charge in [-0.15, -0.1) is 0 Å². The number of anilines is 1. The average Bonchev–Trinajstić information content (AvgIpc) is 3.42. The van der Waals surface area contributed by atoms with Crippen molar-refractivity contribution in [2.75, 3.05) is 24.5 Å². The quantitative estimate of drug-likeness (QED) is 0.796. The number of piperidine rings is 1. The van der Waals surface area contributed by atoms with Crippen molar-refractivity contribution in [3.05, 3.63) is 30.1 Å². The first kappa shape index (κ1) is 19.6. The molecule has 1 aromatic heterocycles. The lowest BCUT2D eigenvalue weighted by molar-refractivity contribution is -0.123. The molecule has 0 bridgehead atoms. The summed E-state index contributed by atoms with van der Waals surface area (Å²) < 4.78 is 29.0. The van der Waals surface area contributed by atoms with Crippen LogP contribution in [0.25, 0.3) is 11.0 Å². The number of halogens is 2. The molecule has 154 valence electrons. The second kappa shape index (κ2) is 6.98.